The lowest BCUT2D eigenvalue weighted by Gasteiger charge is -2.05. The summed E-state index contributed by atoms with van der Waals surface area (Å²) in [5.41, 5.74) is 0.342. The van der Waals surface area contributed by atoms with Crippen molar-refractivity contribution in [1.82, 2.24) is 0 Å². The Labute approximate surface area is 134 Å². The zero-order chi connectivity index (χ0) is 14.8. The molecular formula is C16H23BrO2S. The van der Waals surface area contributed by atoms with Crippen LogP contribution in [0.5, 0.6) is 0 Å². The van der Waals surface area contributed by atoms with Gasteiger partial charge in [0.25, 0.3) is 0 Å². The molecule has 0 unspecified atom stereocenters. The van der Waals surface area contributed by atoms with E-state index in [0.717, 1.165) is 10.6 Å². The highest BCUT2D eigenvalue weighted by atomic mass is 79.9. The summed E-state index contributed by atoms with van der Waals surface area (Å²) in [7, 11) is 0. The van der Waals surface area contributed by atoms with E-state index in [1.165, 1.54) is 44.9 Å². The quantitative estimate of drug-likeness (QED) is 0.412. The van der Waals surface area contributed by atoms with E-state index in [0.29, 0.717) is 10.0 Å². The Balaban J connectivity index is 2.22. The third-order valence-electron chi connectivity index (χ3n) is 3.18. The summed E-state index contributed by atoms with van der Waals surface area (Å²) in [6, 6.07) is 5.54. The highest BCUT2D eigenvalue weighted by molar-refractivity contribution is 9.10. The number of carboxylic acids is 1. The van der Waals surface area contributed by atoms with Crippen LogP contribution in [0.1, 0.15) is 62.2 Å². The zero-order valence-electron chi connectivity index (χ0n) is 12.0. The van der Waals surface area contributed by atoms with Gasteiger partial charge in [0, 0.05) is 9.37 Å². The number of thioether (sulfide) groups is 1. The van der Waals surface area contributed by atoms with Gasteiger partial charge in [-0.3, -0.25) is 0 Å². The molecule has 0 heterocycles. The second kappa shape index (κ2) is 10.3. The van der Waals surface area contributed by atoms with Crippen LogP contribution < -0.4 is 0 Å². The van der Waals surface area contributed by atoms with Crippen molar-refractivity contribution in [3.63, 3.8) is 0 Å². The average Bonchev–Trinajstić information content (AvgIpc) is 2.43. The normalized spacial score (nSPS) is 10.7. The van der Waals surface area contributed by atoms with Gasteiger partial charge < -0.3 is 5.11 Å². The lowest BCUT2D eigenvalue weighted by atomic mass is 10.1. The first-order valence-corrected chi connectivity index (χ1v) is 9.08. The van der Waals surface area contributed by atoms with Crippen molar-refractivity contribution >= 4 is 33.7 Å². The van der Waals surface area contributed by atoms with Crippen LogP contribution in [-0.4, -0.2) is 16.8 Å². The summed E-state index contributed by atoms with van der Waals surface area (Å²) >= 11 is 5.01. The molecule has 0 fully saturated rings. The van der Waals surface area contributed by atoms with Crippen LogP contribution in [0.4, 0.5) is 0 Å². The molecule has 20 heavy (non-hydrogen) atoms. The number of aromatic carboxylic acids is 1. The predicted molar refractivity (Wildman–Crippen MR) is 89.8 cm³/mol. The van der Waals surface area contributed by atoms with Gasteiger partial charge in [0.1, 0.15) is 0 Å². The Kier molecular flexibility index (Phi) is 9.03. The van der Waals surface area contributed by atoms with Crippen LogP contribution in [0.2, 0.25) is 0 Å². The number of hydrogen-bond acceptors (Lipinski definition) is 2. The maximum Gasteiger partial charge on any atom is 0.336 e. The molecule has 1 rings (SSSR count). The molecule has 0 bridgehead atoms. The molecule has 1 N–H and O–H groups in total. The van der Waals surface area contributed by atoms with Crippen LogP contribution in [-0.2, 0) is 0 Å². The molecule has 0 spiro atoms. The minimum absolute atomic E-state index is 0.342. The molecule has 4 heteroatoms. The number of carbonyl (C=O) groups is 1. The van der Waals surface area contributed by atoms with Crippen molar-refractivity contribution in [1.29, 1.82) is 0 Å². The first-order chi connectivity index (χ1) is 9.65. The Morgan fingerprint density at radius 3 is 2.45 bits per heavy atom. The van der Waals surface area contributed by atoms with E-state index in [4.69, 9.17) is 5.11 Å². The van der Waals surface area contributed by atoms with E-state index in [1.54, 1.807) is 17.8 Å². The fourth-order valence-corrected chi connectivity index (χ4v) is 3.37. The van der Waals surface area contributed by atoms with Gasteiger partial charge in [0.05, 0.1) is 5.56 Å². The van der Waals surface area contributed by atoms with Gasteiger partial charge in [-0.15, -0.1) is 11.8 Å². The molecule has 0 radical (unpaired) electrons. The summed E-state index contributed by atoms with van der Waals surface area (Å²) in [6.45, 7) is 2.24. The maximum absolute atomic E-state index is 11.0. The number of unbranched alkanes of at least 4 members (excludes halogenated alkanes) is 6. The topological polar surface area (TPSA) is 37.3 Å². The number of hydrogen-bond donors (Lipinski definition) is 1. The molecule has 1 aromatic carbocycles. The monoisotopic (exact) mass is 358 g/mol. The number of carboxylic acid groups (broad SMARTS) is 1. The van der Waals surface area contributed by atoms with Gasteiger partial charge in [-0.05, 0) is 46.3 Å². The standard InChI is InChI=1S/C16H23BrO2S/c1-2-3-4-5-6-7-8-11-20-13-9-10-15(17)14(12-13)16(18)19/h9-10,12H,2-8,11H2,1H3,(H,18,19). The smallest absolute Gasteiger partial charge is 0.336 e. The molecule has 0 atom stereocenters. The van der Waals surface area contributed by atoms with E-state index in [-0.39, 0.29) is 0 Å². The Morgan fingerprint density at radius 1 is 1.15 bits per heavy atom. The molecule has 2 nitrogen and oxygen atoms in total. The van der Waals surface area contributed by atoms with Gasteiger partial charge in [0.2, 0.25) is 0 Å². The minimum Gasteiger partial charge on any atom is -0.478 e. The fraction of sp³-hybridized carbons (Fsp3) is 0.562. The Bertz CT molecular complexity index is 421. The molecule has 0 aliphatic rings. The van der Waals surface area contributed by atoms with E-state index >= 15 is 0 Å². The van der Waals surface area contributed by atoms with Gasteiger partial charge >= 0.3 is 5.97 Å². The van der Waals surface area contributed by atoms with Crippen molar-refractivity contribution in [3.05, 3.63) is 28.2 Å². The van der Waals surface area contributed by atoms with Crippen LogP contribution in [0.3, 0.4) is 0 Å². The summed E-state index contributed by atoms with van der Waals surface area (Å²) in [4.78, 5) is 12.1. The van der Waals surface area contributed by atoms with E-state index in [9.17, 15) is 4.79 Å². The molecule has 1 aromatic rings. The molecular weight excluding hydrogens is 336 g/mol. The second-order valence-corrected chi connectivity index (χ2v) is 6.94. The van der Waals surface area contributed by atoms with Crippen molar-refractivity contribution in [2.45, 2.75) is 56.8 Å². The SMILES string of the molecule is CCCCCCCCCSc1ccc(Br)c(C(=O)O)c1. The summed E-state index contributed by atoms with van der Waals surface area (Å²) in [6.07, 6.45) is 9.16. The molecule has 0 saturated heterocycles. The summed E-state index contributed by atoms with van der Waals surface area (Å²) in [5, 5.41) is 9.06. The molecule has 0 aromatic heterocycles. The molecule has 112 valence electrons. The van der Waals surface area contributed by atoms with Crippen LogP contribution in [0.25, 0.3) is 0 Å². The van der Waals surface area contributed by atoms with Gasteiger partial charge in [0.15, 0.2) is 0 Å². The largest absolute Gasteiger partial charge is 0.478 e. The molecule has 0 amide bonds. The minimum atomic E-state index is -0.879. The van der Waals surface area contributed by atoms with E-state index in [2.05, 4.69) is 22.9 Å². The first kappa shape index (κ1) is 17.6. The highest BCUT2D eigenvalue weighted by Crippen LogP contribution is 2.26. The number of benzene rings is 1. The van der Waals surface area contributed by atoms with Gasteiger partial charge in [-0.1, -0.05) is 45.4 Å². The maximum atomic E-state index is 11.0. The lowest BCUT2D eigenvalue weighted by molar-refractivity contribution is 0.0695. The van der Waals surface area contributed by atoms with E-state index < -0.39 is 5.97 Å². The Morgan fingerprint density at radius 2 is 1.80 bits per heavy atom. The second-order valence-electron chi connectivity index (χ2n) is 4.92. The summed E-state index contributed by atoms with van der Waals surface area (Å²) in [5.74, 6) is 0.185. The Hall–Kier alpha value is -0.480. The molecule has 0 aliphatic carbocycles. The number of rotatable bonds is 10. The van der Waals surface area contributed by atoms with Crippen LogP contribution in [0.15, 0.2) is 27.6 Å². The fourth-order valence-electron chi connectivity index (χ4n) is 2.01. The highest BCUT2D eigenvalue weighted by Gasteiger charge is 2.08. The van der Waals surface area contributed by atoms with Crippen molar-refractivity contribution in [3.8, 4) is 0 Å². The summed E-state index contributed by atoms with van der Waals surface area (Å²) < 4.78 is 0.644. The third-order valence-corrected chi connectivity index (χ3v) is 4.96. The van der Waals surface area contributed by atoms with Crippen molar-refractivity contribution < 1.29 is 9.90 Å². The van der Waals surface area contributed by atoms with Crippen LogP contribution in [0, 0.1) is 0 Å². The predicted octanol–water partition coefficient (Wildman–Crippen LogP) is 5.99. The zero-order valence-corrected chi connectivity index (χ0v) is 14.4. The van der Waals surface area contributed by atoms with Gasteiger partial charge in [-0.25, -0.2) is 4.79 Å². The van der Waals surface area contributed by atoms with Crippen LogP contribution >= 0.6 is 27.7 Å². The molecule has 0 aliphatic heterocycles. The van der Waals surface area contributed by atoms with E-state index in [1.807, 2.05) is 12.1 Å². The molecule has 0 saturated carbocycles. The van der Waals surface area contributed by atoms with Gasteiger partial charge in [-0.2, -0.15) is 0 Å². The number of halogens is 1. The lowest BCUT2D eigenvalue weighted by Crippen LogP contribution is -1.97. The van der Waals surface area contributed by atoms with Crippen molar-refractivity contribution in [2.75, 3.05) is 5.75 Å². The van der Waals surface area contributed by atoms with Crippen molar-refractivity contribution in [2.24, 2.45) is 0 Å². The average molecular weight is 359 g/mol. The third kappa shape index (κ3) is 6.80. The first-order valence-electron chi connectivity index (χ1n) is 7.30.